The van der Waals surface area contributed by atoms with Crippen LogP contribution in [0.2, 0.25) is 0 Å². The molecule has 0 heterocycles. The van der Waals surface area contributed by atoms with E-state index in [0.29, 0.717) is 10.2 Å². The van der Waals surface area contributed by atoms with E-state index in [1.165, 1.54) is 6.07 Å². The summed E-state index contributed by atoms with van der Waals surface area (Å²) in [6.45, 7) is 0. The molecule has 88 valence electrons. The number of hydrogen-bond acceptors (Lipinski definition) is 2. The summed E-state index contributed by atoms with van der Waals surface area (Å²) in [5.41, 5.74) is 0.920. The number of thioether (sulfide) groups is 1. The lowest BCUT2D eigenvalue weighted by molar-refractivity contribution is 0.475. The van der Waals surface area contributed by atoms with Crippen molar-refractivity contribution >= 4 is 27.7 Å². The number of hydrogen-bond donors (Lipinski definition) is 1. The topological polar surface area (TPSA) is 20.2 Å². The van der Waals surface area contributed by atoms with Crippen LogP contribution in [-0.2, 0) is 5.75 Å². The smallest absolute Gasteiger partial charge is 0.137 e. The summed E-state index contributed by atoms with van der Waals surface area (Å²) in [4.78, 5) is 1.04. The highest BCUT2D eigenvalue weighted by molar-refractivity contribution is 9.10. The van der Waals surface area contributed by atoms with E-state index in [2.05, 4.69) is 15.9 Å². The largest absolute Gasteiger partial charge is 0.508 e. The third kappa shape index (κ3) is 3.23. The lowest BCUT2D eigenvalue weighted by atomic mass is 10.2. The van der Waals surface area contributed by atoms with Crippen molar-refractivity contribution in [3.8, 4) is 5.75 Å². The second kappa shape index (κ2) is 5.56. The van der Waals surface area contributed by atoms with Crippen molar-refractivity contribution in [1.29, 1.82) is 0 Å². The van der Waals surface area contributed by atoms with Gasteiger partial charge in [0.25, 0.3) is 0 Å². The lowest BCUT2D eigenvalue weighted by Crippen LogP contribution is -1.86. The van der Waals surface area contributed by atoms with Gasteiger partial charge in [0.05, 0.1) is 4.47 Å². The number of phenolic OH excluding ortho intramolecular Hbond substituents is 1. The monoisotopic (exact) mass is 312 g/mol. The average Bonchev–Trinajstić information content (AvgIpc) is 2.33. The maximum Gasteiger partial charge on any atom is 0.137 e. The maximum atomic E-state index is 13.3. The van der Waals surface area contributed by atoms with Gasteiger partial charge >= 0.3 is 0 Å². The summed E-state index contributed by atoms with van der Waals surface area (Å²) in [6.07, 6.45) is 0. The van der Waals surface area contributed by atoms with E-state index in [1.807, 2.05) is 18.2 Å². The molecule has 0 aromatic heterocycles. The molecule has 0 saturated heterocycles. The molecule has 0 aliphatic carbocycles. The summed E-state index contributed by atoms with van der Waals surface area (Å²) >= 11 is 4.83. The molecule has 0 radical (unpaired) electrons. The Morgan fingerprint density at radius 2 is 1.82 bits per heavy atom. The lowest BCUT2D eigenvalue weighted by Gasteiger charge is -2.05. The van der Waals surface area contributed by atoms with E-state index >= 15 is 0 Å². The second-order valence-electron chi connectivity index (χ2n) is 3.50. The van der Waals surface area contributed by atoms with Crippen molar-refractivity contribution in [3.63, 3.8) is 0 Å². The molecule has 0 aliphatic heterocycles. The third-order valence-electron chi connectivity index (χ3n) is 2.26. The Balaban J connectivity index is 2.07. The van der Waals surface area contributed by atoms with Gasteiger partial charge in [-0.3, -0.25) is 0 Å². The van der Waals surface area contributed by atoms with Gasteiger partial charge in [-0.1, -0.05) is 12.1 Å². The fourth-order valence-corrected chi connectivity index (χ4v) is 2.84. The van der Waals surface area contributed by atoms with Crippen LogP contribution in [0.1, 0.15) is 5.56 Å². The van der Waals surface area contributed by atoms with Crippen molar-refractivity contribution in [2.24, 2.45) is 0 Å². The zero-order chi connectivity index (χ0) is 12.3. The highest BCUT2D eigenvalue weighted by atomic mass is 79.9. The van der Waals surface area contributed by atoms with Crippen LogP contribution >= 0.6 is 27.7 Å². The van der Waals surface area contributed by atoms with Crippen molar-refractivity contribution in [1.82, 2.24) is 0 Å². The third-order valence-corrected chi connectivity index (χ3v) is 4.21. The molecule has 2 rings (SSSR count). The minimum atomic E-state index is -0.242. The molecule has 1 nitrogen and oxygen atoms in total. The quantitative estimate of drug-likeness (QED) is 0.837. The number of benzene rings is 2. The molecule has 0 fully saturated rings. The van der Waals surface area contributed by atoms with Crippen molar-refractivity contribution in [2.45, 2.75) is 10.6 Å². The zero-order valence-electron chi connectivity index (χ0n) is 8.86. The summed E-state index contributed by atoms with van der Waals surface area (Å²) in [5.74, 6) is 0.693. The second-order valence-corrected chi connectivity index (χ2v) is 5.34. The van der Waals surface area contributed by atoms with Crippen LogP contribution in [0, 0.1) is 5.82 Å². The molecule has 17 heavy (non-hydrogen) atoms. The Hall–Kier alpha value is -1.00. The van der Waals surface area contributed by atoms with Crippen LogP contribution in [0.3, 0.4) is 0 Å². The first-order valence-electron chi connectivity index (χ1n) is 5.01. The van der Waals surface area contributed by atoms with E-state index in [9.17, 15) is 4.39 Å². The van der Waals surface area contributed by atoms with Gasteiger partial charge in [0.1, 0.15) is 11.6 Å². The van der Waals surface area contributed by atoms with Gasteiger partial charge in [-0.15, -0.1) is 11.8 Å². The molecule has 0 unspecified atom stereocenters. The summed E-state index contributed by atoms with van der Waals surface area (Å²) in [5, 5.41) is 9.16. The van der Waals surface area contributed by atoms with E-state index in [4.69, 9.17) is 5.11 Å². The molecular formula is C13H10BrFOS. The van der Waals surface area contributed by atoms with Crippen LogP contribution in [0.5, 0.6) is 5.75 Å². The highest BCUT2D eigenvalue weighted by Gasteiger charge is 2.05. The molecule has 0 saturated carbocycles. The van der Waals surface area contributed by atoms with Crippen LogP contribution in [0.25, 0.3) is 0 Å². The molecule has 1 N–H and O–H groups in total. The normalized spacial score (nSPS) is 10.5. The van der Waals surface area contributed by atoms with Gasteiger partial charge in [0.2, 0.25) is 0 Å². The molecular weight excluding hydrogens is 303 g/mol. The Labute approximate surface area is 112 Å². The van der Waals surface area contributed by atoms with Crippen LogP contribution in [-0.4, -0.2) is 5.11 Å². The van der Waals surface area contributed by atoms with Crippen molar-refractivity contribution in [2.75, 3.05) is 0 Å². The van der Waals surface area contributed by atoms with E-state index in [0.717, 1.165) is 10.5 Å². The Morgan fingerprint density at radius 1 is 1.12 bits per heavy atom. The summed E-state index contributed by atoms with van der Waals surface area (Å²) in [7, 11) is 0. The van der Waals surface area contributed by atoms with Gasteiger partial charge < -0.3 is 5.11 Å². The zero-order valence-corrected chi connectivity index (χ0v) is 11.3. The maximum absolute atomic E-state index is 13.3. The predicted molar refractivity (Wildman–Crippen MR) is 71.8 cm³/mol. The van der Waals surface area contributed by atoms with E-state index < -0.39 is 0 Å². The number of halogens is 2. The fourth-order valence-electron chi connectivity index (χ4n) is 1.36. The molecule has 2 aromatic carbocycles. The first kappa shape index (κ1) is 12.5. The van der Waals surface area contributed by atoms with Gasteiger partial charge in [-0.2, -0.15) is 0 Å². The Bertz CT molecular complexity index is 513. The average molecular weight is 313 g/mol. The predicted octanol–water partition coefficient (Wildman–Crippen LogP) is 4.59. The number of phenols is 1. The number of aromatic hydroxyl groups is 1. The van der Waals surface area contributed by atoms with E-state index in [1.54, 1.807) is 30.0 Å². The SMILES string of the molecule is Oc1ccc(SCc2cccc(F)c2Br)cc1. The molecule has 0 aliphatic rings. The van der Waals surface area contributed by atoms with Gasteiger partial charge in [0, 0.05) is 10.6 Å². The summed E-state index contributed by atoms with van der Waals surface area (Å²) < 4.78 is 13.8. The van der Waals surface area contributed by atoms with Crippen molar-refractivity contribution in [3.05, 3.63) is 58.3 Å². The van der Waals surface area contributed by atoms with Crippen LogP contribution in [0.15, 0.2) is 51.8 Å². The first-order valence-corrected chi connectivity index (χ1v) is 6.79. The molecule has 4 heteroatoms. The van der Waals surface area contributed by atoms with Crippen molar-refractivity contribution < 1.29 is 9.50 Å². The molecule has 0 atom stereocenters. The molecule has 0 amide bonds. The standard InChI is InChI=1S/C13H10BrFOS/c14-13-9(2-1-3-12(13)15)8-17-11-6-4-10(16)5-7-11/h1-7,16H,8H2. The molecule has 2 aromatic rings. The summed E-state index contributed by atoms with van der Waals surface area (Å²) in [6, 6.07) is 12.0. The van der Waals surface area contributed by atoms with Crippen LogP contribution in [0.4, 0.5) is 4.39 Å². The minimum Gasteiger partial charge on any atom is -0.508 e. The van der Waals surface area contributed by atoms with Gasteiger partial charge in [0.15, 0.2) is 0 Å². The van der Waals surface area contributed by atoms with E-state index in [-0.39, 0.29) is 11.6 Å². The first-order chi connectivity index (χ1) is 8.16. The van der Waals surface area contributed by atoms with Gasteiger partial charge in [-0.05, 0) is 51.8 Å². The van der Waals surface area contributed by atoms with Crippen LogP contribution < -0.4 is 0 Å². The fraction of sp³-hybridized carbons (Fsp3) is 0.0769. The Morgan fingerprint density at radius 3 is 2.53 bits per heavy atom. The molecule has 0 spiro atoms. The molecule has 0 bridgehead atoms. The number of rotatable bonds is 3. The van der Waals surface area contributed by atoms with Gasteiger partial charge in [-0.25, -0.2) is 4.39 Å². The highest BCUT2D eigenvalue weighted by Crippen LogP contribution is 2.29. The Kier molecular flexibility index (Phi) is 4.07. The minimum absolute atomic E-state index is 0.242.